The van der Waals surface area contributed by atoms with Crippen LogP contribution in [0.15, 0.2) is 24.3 Å². The minimum absolute atomic E-state index is 0.0408. The maximum absolute atomic E-state index is 11.9. The van der Waals surface area contributed by atoms with Gasteiger partial charge < -0.3 is 16.0 Å². The summed E-state index contributed by atoms with van der Waals surface area (Å²) in [6.45, 7) is 4.19. The van der Waals surface area contributed by atoms with Crippen LogP contribution in [0.3, 0.4) is 0 Å². The Hall–Kier alpha value is -1.46. The molecule has 1 saturated heterocycles. The van der Waals surface area contributed by atoms with Crippen LogP contribution in [0, 0.1) is 0 Å². The molecule has 0 unspecified atom stereocenters. The summed E-state index contributed by atoms with van der Waals surface area (Å²) >= 11 is 4.88. The fourth-order valence-electron chi connectivity index (χ4n) is 2.40. The minimum atomic E-state index is -0.0408. The van der Waals surface area contributed by atoms with Gasteiger partial charge in [0, 0.05) is 17.7 Å². The van der Waals surface area contributed by atoms with Crippen LogP contribution < -0.4 is 11.1 Å². The third kappa shape index (κ3) is 4.28. The fourth-order valence-corrected chi connectivity index (χ4v) is 2.53. The van der Waals surface area contributed by atoms with Gasteiger partial charge in [-0.25, -0.2) is 0 Å². The molecule has 1 aromatic rings. The van der Waals surface area contributed by atoms with E-state index in [0.717, 1.165) is 18.5 Å². The Balaban J connectivity index is 1.72. The number of nitrogens with two attached hydrogens (primary N) is 1. The van der Waals surface area contributed by atoms with Crippen LogP contribution in [0.2, 0.25) is 0 Å². The molecule has 5 heteroatoms. The van der Waals surface area contributed by atoms with Gasteiger partial charge in [-0.15, -0.1) is 0 Å². The summed E-state index contributed by atoms with van der Waals surface area (Å²) in [6.07, 6.45) is 3.61. The second-order valence-electron chi connectivity index (χ2n) is 5.10. The predicted molar refractivity (Wildman–Crippen MR) is 85.0 cm³/mol. The van der Waals surface area contributed by atoms with Crippen LogP contribution in [0.1, 0.15) is 35.2 Å². The van der Waals surface area contributed by atoms with E-state index < -0.39 is 0 Å². The first-order valence-electron chi connectivity index (χ1n) is 7.07. The molecular formula is C15H21N3OS. The van der Waals surface area contributed by atoms with Gasteiger partial charge in [0.1, 0.15) is 4.99 Å². The van der Waals surface area contributed by atoms with Crippen molar-refractivity contribution in [1.82, 2.24) is 10.2 Å². The van der Waals surface area contributed by atoms with E-state index >= 15 is 0 Å². The first-order chi connectivity index (χ1) is 9.66. The van der Waals surface area contributed by atoms with E-state index in [-0.39, 0.29) is 5.91 Å². The average Bonchev–Trinajstić information content (AvgIpc) is 2.96. The third-order valence-corrected chi connectivity index (χ3v) is 3.80. The Bertz CT molecular complexity index is 467. The second kappa shape index (κ2) is 7.36. The van der Waals surface area contributed by atoms with Crippen molar-refractivity contribution < 1.29 is 4.79 Å². The van der Waals surface area contributed by atoms with Crippen molar-refractivity contribution in [2.75, 3.05) is 26.2 Å². The summed E-state index contributed by atoms with van der Waals surface area (Å²) in [6, 6.07) is 7.07. The van der Waals surface area contributed by atoms with Crippen molar-refractivity contribution >= 4 is 23.1 Å². The van der Waals surface area contributed by atoms with Crippen molar-refractivity contribution in [3.8, 4) is 0 Å². The highest BCUT2D eigenvalue weighted by Crippen LogP contribution is 2.07. The first kappa shape index (κ1) is 14.9. The van der Waals surface area contributed by atoms with Gasteiger partial charge in [0.25, 0.3) is 5.91 Å². The minimum Gasteiger partial charge on any atom is -0.389 e. The molecule has 3 N–H and O–H groups in total. The summed E-state index contributed by atoms with van der Waals surface area (Å²) in [4.78, 5) is 14.7. The lowest BCUT2D eigenvalue weighted by Gasteiger charge is -2.14. The first-order valence-corrected chi connectivity index (χ1v) is 7.48. The largest absolute Gasteiger partial charge is 0.389 e. The molecule has 1 aliphatic rings. The number of likely N-dealkylation sites (tertiary alicyclic amines) is 1. The Labute approximate surface area is 125 Å². The molecule has 2 rings (SSSR count). The average molecular weight is 291 g/mol. The molecule has 0 spiro atoms. The Kier molecular flexibility index (Phi) is 5.49. The van der Waals surface area contributed by atoms with Crippen LogP contribution >= 0.6 is 12.2 Å². The van der Waals surface area contributed by atoms with Crippen LogP contribution in [0.4, 0.5) is 0 Å². The van der Waals surface area contributed by atoms with Crippen molar-refractivity contribution in [3.63, 3.8) is 0 Å². The van der Waals surface area contributed by atoms with Crippen LogP contribution in [-0.2, 0) is 0 Å². The molecule has 1 heterocycles. The molecular weight excluding hydrogens is 270 g/mol. The lowest BCUT2D eigenvalue weighted by Crippen LogP contribution is -2.28. The van der Waals surface area contributed by atoms with E-state index in [0.29, 0.717) is 17.1 Å². The molecule has 1 amide bonds. The molecule has 1 aromatic carbocycles. The highest BCUT2D eigenvalue weighted by atomic mass is 32.1. The molecule has 20 heavy (non-hydrogen) atoms. The summed E-state index contributed by atoms with van der Waals surface area (Å²) < 4.78 is 0. The zero-order chi connectivity index (χ0) is 14.4. The predicted octanol–water partition coefficient (Wildman–Crippen LogP) is 1.54. The number of thiocarbonyl (C=S) groups is 1. The smallest absolute Gasteiger partial charge is 0.251 e. The molecule has 4 nitrogen and oxygen atoms in total. The van der Waals surface area contributed by atoms with Crippen LogP contribution in [0.25, 0.3) is 0 Å². The summed E-state index contributed by atoms with van der Waals surface area (Å²) in [5.41, 5.74) is 6.95. The third-order valence-electron chi connectivity index (χ3n) is 3.57. The summed E-state index contributed by atoms with van der Waals surface area (Å²) in [5.74, 6) is -0.0408. The standard InChI is InChI=1S/C15H21N3OS/c16-14(20)12-4-6-13(7-5-12)15(19)17-8-3-11-18-9-1-2-10-18/h4-7H,1-3,8-11H2,(H2,16,20)(H,17,19). The molecule has 108 valence electrons. The van der Waals surface area contributed by atoms with E-state index in [2.05, 4.69) is 10.2 Å². The Morgan fingerprint density at radius 3 is 2.40 bits per heavy atom. The molecule has 1 aliphatic heterocycles. The Morgan fingerprint density at radius 2 is 1.80 bits per heavy atom. The number of hydrogen-bond donors (Lipinski definition) is 2. The molecule has 0 bridgehead atoms. The highest BCUT2D eigenvalue weighted by Gasteiger charge is 2.11. The Morgan fingerprint density at radius 1 is 1.20 bits per heavy atom. The monoisotopic (exact) mass is 291 g/mol. The van der Waals surface area contributed by atoms with Crippen LogP contribution in [-0.4, -0.2) is 42.0 Å². The molecule has 0 atom stereocenters. The zero-order valence-corrected chi connectivity index (χ0v) is 12.4. The molecule has 0 aliphatic carbocycles. The SMILES string of the molecule is NC(=S)c1ccc(C(=O)NCCCN2CCCC2)cc1. The van der Waals surface area contributed by atoms with Gasteiger partial charge in [0.15, 0.2) is 0 Å². The number of rotatable bonds is 6. The van der Waals surface area contributed by atoms with Gasteiger partial charge in [-0.1, -0.05) is 24.4 Å². The van der Waals surface area contributed by atoms with E-state index in [1.165, 1.54) is 25.9 Å². The molecule has 0 aromatic heterocycles. The second-order valence-corrected chi connectivity index (χ2v) is 5.54. The van der Waals surface area contributed by atoms with Crippen molar-refractivity contribution in [1.29, 1.82) is 0 Å². The normalized spacial score (nSPS) is 15.2. The number of carbonyl (C=O) groups is 1. The van der Waals surface area contributed by atoms with E-state index in [9.17, 15) is 4.79 Å². The van der Waals surface area contributed by atoms with E-state index in [1.54, 1.807) is 24.3 Å². The number of amides is 1. The molecule has 0 radical (unpaired) electrons. The van der Waals surface area contributed by atoms with Gasteiger partial charge in [-0.2, -0.15) is 0 Å². The lowest BCUT2D eigenvalue weighted by molar-refractivity contribution is 0.0952. The number of hydrogen-bond acceptors (Lipinski definition) is 3. The lowest BCUT2D eigenvalue weighted by atomic mass is 10.1. The van der Waals surface area contributed by atoms with Gasteiger partial charge in [0.05, 0.1) is 0 Å². The summed E-state index contributed by atoms with van der Waals surface area (Å²) in [7, 11) is 0. The fraction of sp³-hybridized carbons (Fsp3) is 0.467. The van der Waals surface area contributed by atoms with Crippen LogP contribution in [0.5, 0.6) is 0 Å². The van der Waals surface area contributed by atoms with Crippen molar-refractivity contribution in [2.45, 2.75) is 19.3 Å². The van der Waals surface area contributed by atoms with Crippen molar-refractivity contribution in [3.05, 3.63) is 35.4 Å². The number of nitrogens with zero attached hydrogens (tertiary/aromatic N) is 1. The van der Waals surface area contributed by atoms with Gasteiger partial charge >= 0.3 is 0 Å². The molecule has 0 saturated carbocycles. The van der Waals surface area contributed by atoms with E-state index in [1.807, 2.05) is 0 Å². The number of carbonyl (C=O) groups excluding carboxylic acids is 1. The zero-order valence-electron chi connectivity index (χ0n) is 11.6. The highest BCUT2D eigenvalue weighted by molar-refractivity contribution is 7.80. The maximum Gasteiger partial charge on any atom is 0.251 e. The van der Waals surface area contributed by atoms with Gasteiger partial charge in [-0.05, 0) is 51.0 Å². The number of nitrogens with one attached hydrogen (secondary N) is 1. The van der Waals surface area contributed by atoms with Gasteiger partial charge in [-0.3, -0.25) is 4.79 Å². The quantitative estimate of drug-likeness (QED) is 0.616. The van der Waals surface area contributed by atoms with E-state index in [4.69, 9.17) is 18.0 Å². The number of benzene rings is 1. The van der Waals surface area contributed by atoms with Gasteiger partial charge in [0.2, 0.25) is 0 Å². The maximum atomic E-state index is 11.9. The summed E-state index contributed by atoms with van der Waals surface area (Å²) in [5, 5.41) is 2.94. The topological polar surface area (TPSA) is 58.4 Å². The van der Waals surface area contributed by atoms with Crippen molar-refractivity contribution in [2.24, 2.45) is 5.73 Å². The molecule has 1 fully saturated rings.